The predicted octanol–water partition coefficient (Wildman–Crippen LogP) is 2.00. The molecule has 0 bridgehead atoms. The van der Waals surface area contributed by atoms with E-state index in [1.807, 2.05) is 0 Å². The van der Waals surface area contributed by atoms with Gasteiger partial charge in [-0.1, -0.05) is 23.2 Å². The summed E-state index contributed by atoms with van der Waals surface area (Å²) in [7, 11) is -3.73. The smallest absolute Gasteiger partial charge is 0.260 e. The third kappa shape index (κ3) is 5.04. The molecule has 0 aliphatic carbocycles. The molecule has 1 aliphatic rings. The quantitative estimate of drug-likeness (QED) is 0.692. The van der Waals surface area contributed by atoms with Gasteiger partial charge in [0.2, 0.25) is 15.9 Å². The molecule has 11 heteroatoms. The van der Waals surface area contributed by atoms with Crippen molar-refractivity contribution in [1.29, 1.82) is 0 Å². The SMILES string of the molecule is NC(=O)c1ccc(OCC(=O)N2CCN(S(=O)(=O)c3ccc(Cl)c(Cl)c3)CC2)cc1. The maximum atomic E-state index is 12.8. The Hall–Kier alpha value is -2.33. The number of nitrogens with two attached hydrogens (primary N) is 1. The van der Waals surface area contributed by atoms with Crippen molar-refractivity contribution in [3.05, 3.63) is 58.1 Å². The summed E-state index contributed by atoms with van der Waals surface area (Å²) in [6, 6.07) is 10.3. The number of amides is 2. The van der Waals surface area contributed by atoms with E-state index in [4.69, 9.17) is 33.7 Å². The molecule has 1 fully saturated rings. The van der Waals surface area contributed by atoms with Gasteiger partial charge in [-0.15, -0.1) is 0 Å². The van der Waals surface area contributed by atoms with Gasteiger partial charge in [-0.3, -0.25) is 9.59 Å². The minimum absolute atomic E-state index is 0.0550. The van der Waals surface area contributed by atoms with E-state index in [0.717, 1.165) is 0 Å². The number of piperazine rings is 1. The zero-order valence-electron chi connectivity index (χ0n) is 15.8. The summed E-state index contributed by atoms with van der Waals surface area (Å²) >= 11 is 11.8. The molecule has 0 radical (unpaired) electrons. The molecule has 30 heavy (non-hydrogen) atoms. The zero-order valence-corrected chi connectivity index (χ0v) is 18.1. The van der Waals surface area contributed by atoms with Crippen LogP contribution in [0, 0.1) is 0 Å². The largest absolute Gasteiger partial charge is 0.484 e. The Morgan fingerprint density at radius 2 is 1.60 bits per heavy atom. The van der Waals surface area contributed by atoms with Crippen LogP contribution in [0.3, 0.4) is 0 Å². The van der Waals surface area contributed by atoms with E-state index in [9.17, 15) is 18.0 Å². The Bertz CT molecular complexity index is 1050. The standard InChI is InChI=1S/C19H19Cl2N3O5S/c20-16-6-5-15(11-17(16)21)30(27,28)24-9-7-23(8-10-24)18(25)12-29-14-3-1-13(2-4-14)19(22)26/h1-6,11H,7-10,12H2,(H2,22,26). The fraction of sp³-hybridized carbons (Fsp3) is 0.263. The van der Waals surface area contributed by atoms with Crippen molar-refractivity contribution in [3.63, 3.8) is 0 Å². The van der Waals surface area contributed by atoms with E-state index in [1.165, 1.54) is 34.6 Å². The first kappa shape index (κ1) is 22.4. The van der Waals surface area contributed by atoms with Gasteiger partial charge < -0.3 is 15.4 Å². The van der Waals surface area contributed by atoms with Crippen LogP contribution in [0.5, 0.6) is 5.75 Å². The van der Waals surface area contributed by atoms with Gasteiger partial charge in [0, 0.05) is 31.7 Å². The fourth-order valence-electron chi connectivity index (χ4n) is 2.92. The first-order chi connectivity index (χ1) is 14.2. The maximum Gasteiger partial charge on any atom is 0.260 e. The summed E-state index contributed by atoms with van der Waals surface area (Å²) < 4.78 is 32.3. The molecular weight excluding hydrogens is 453 g/mol. The lowest BCUT2D eigenvalue weighted by Crippen LogP contribution is -2.51. The Kier molecular flexibility index (Phi) is 6.87. The van der Waals surface area contributed by atoms with Crippen LogP contribution in [-0.2, 0) is 14.8 Å². The van der Waals surface area contributed by atoms with Gasteiger partial charge in [0.05, 0.1) is 14.9 Å². The number of hydrogen-bond donors (Lipinski definition) is 1. The van der Waals surface area contributed by atoms with Crippen LogP contribution in [0.25, 0.3) is 0 Å². The van der Waals surface area contributed by atoms with Crippen molar-refractivity contribution in [2.45, 2.75) is 4.90 Å². The average Bonchev–Trinajstić information content (AvgIpc) is 2.74. The van der Waals surface area contributed by atoms with Crippen LogP contribution in [0.1, 0.15) is 10.4 Å². The van der Waals surface area contributed by atoms with Crippen molar-refractivity contribution in [2.24, 2.45) is 5.73 Å². The molecule has 160 valence electrons. The van der Waals surface area contributed by atoms with Crippen LogP contribution < -0.4 is 10.5 Å². The van der Waals surface area contributed by atoms with Gasteiger partial charge in [-0.05, 0) is 42.5 Å². The Morgan fingerprint density at radius 1 is 0.967 bits per heavy atom. The van der Waals surface area contributed by atoms with Gasteiger partial charge in [0.15, 0.2) is 6.61 Å². The summed E-state index contributed by atoms with van der Waals surface area (Å²) in [6.07, 6.45) is 0. The van der Waals surface area contributed by atoms with Gasteiger partial charge in [0.25, 0.3) is 5.91 Å². The van der Waals surface area contributed by atoms with E-state index < -0.39 is 15.9 Å². The number of rotatable bonds is 6. The van der Waals surface area contributed by atoms with Gasteiger partial charge in [-0.25, -0.2) is 8.42 Å². The number of sulfonamides is 1. The van der Waals surface area contributed by atoms with Crippen molar-refractivity contribution in [3.8, 4) is 5.75 Å². The highest BCUT2D eigenvalue weighted by Gasteiger charge is 2.30. The highest BCUT2D eigenvalue weighted by atomic mass is 35.5. The minimum atomic E-state index is -3.73. The molecule has 0 spiro atoms. The lowest BCUT2D eigenvalue weighted by Gasteiger charge is -2.34. The van der Waals surface area contributed by atoms with Crippen molar-refractivity contribution in [1.82, 2.24) is 9.21 Å². The highest BCUT2D eigenvalue weighted by molar-refractivity contribution is 7.89. The maximum absolute atomic E-state index is 12.8. The second-order valence-electron chi connectivity index (χ2n) is 6.54. The summed E-state index contributed by atoms with van der Waals surface area (Å²) in [5, 5.41) is 0.433. The minimum Gasteiger partial charge on any atom is -0.484 e. The third-order valence-electron chi connectivity index (χ3n) is 4.62. The Balaban J connectivity index is 1.54. The average molecular weight is 472 g/mol. The van der Waals surface area contributed by atoms with Crippen molar-refractivity contribution in [2.75, 3.05) is 32.8 Å². The normalized spacial score (nSPS) is 15.1. The molecule has 2 N–H and O–H groups in total. The molecule has 0 atom stereocenters. The molecule has 0 saturated carbocycles. The van der Waals surface area contributed by atoms with E-state index >= 15 is 0 Å². The van der Waals surface area contributed by atoms with Crippen LogP contribution in [0.2, 0.25) is 10.0 Å². The molecule has 3 rings (SSSR count). The first-order valence-corrected chi connectivity index (χ1v) is 11.1. The Morgan fingerprint density at radius 3 is 2.17 bits per heavy atom. The van der Waals surface area contributed by atoms with Crippen LogP contribution in [0.4, 0.5) is 0 Å². The predicted molar refractivity (Wildman–Crippen MR) is 112 cm³/mol. The second-order valence-corrected chi connectivity index (χ2v) is 9.29. The third-order valence-corrected chi connectivity index (χ3v) is 7.25. The number of primary amides is 1. The topological polar surface area (TPSA) is 110 Å². The second kappa shape index (κ2) is 9.22. The van der Waals surface area contributed by atoms with Crippen LogP contribution >= 0.6 is 23.2 Å². The zero-order chi connectivity index (χ0) is 21.9. The number of carbonyl (C=O) groups excluding carboxylic acids is 2. The molecule has 2 amide bonds. The number of ether oxygens (including phenoxy) is 1. The lowest BCUT2D eigenvalue weighted by atomic mass is 10.2. The van der Waals surface area contributed by atoms with Crippen LogP contribution in [-0.4, -0.2) is 62.2 Å². The van der Waals surface area contributed by atoms with E-state index in [1.54, 1.807) is 17.0 Å². The van der Waals surface area contributed by atoms with Gasteiger partial charge in [-0.2, -0.15) is 4.31 Å². The number of nitrogens with zero attached hydrogens (tertiary/aromatic N) is 2. The van der Waals surface area contributed by atoms with Gasteiger partial charge in [0.1, 0.15) is 5.75 Å². The highest BCUT2D eigenvalue weighted by Crippen LogP contribution is 2.27. The van der Waals surface area contributed by atoms with Crippen molar-refractivity contribution < 1.29 is 22.7 Å². The van der Waals surface area contributed by atoms with E-state index in [2.05, 4.69) is 0 Å². The first-order valence-electron chi connectivity index (χ1n) is 8.94. The van der Waals surface area contributed by atoms with Crippen LogP contribution in [0.15, 0.2) is 47.4 Å². The molecule has 2 aromatic rings. The molecule has 2 aromatic carbocycles. The van der Waals surface area contributed by atoms with Crippen molar-refractivity contribution >= 4 is 45.0 Å². The fourth-order valence-corrected chi connectivity index (χ4v) is 4.73. The summed E-state index contributed by atoms with van der Waals surface area (Å²) in [5.41, 5.74) is 5.52. The number of hydrogen-bond acceptors (Lipinski definition) is 5. The molecule has 1 heterocycles. The van der Waals surface area contributed by atoms with E-state index in [-0.39, 0.29) is 53.6 Å². The lowest BCUT2D eigenvalue weighted by molar-refractivity contribution is -0.134. The molecule has 1 aliphatic heterocycles. The Labute approximate surface area is 184 Å². The number of carbonyl (C=O) groups is 2. The van der Waals surface area contributed by atoms with Gasteiger partial charge >= 0.3 is 0 Å². The summed E-state index contributed by atoms with van der Waals surface area (Å²) in [4.78, 5) is 25.0. The molecule has 0 aromatic heterocycles. The number of halogens is 2. The molecule has 8 nitrogen and oxygen atoms in total. The van der Waals surface area contributed by atoms with E-state index in [0.29, 0.717) is 11.3 Å². The monoisotopic (exact) mass is 471 g/mol. The molecular formula is C19H19Cl2N3O5S. The molecule has 1 saturated heterocycles. The summed E-state index contributed by atoms with van der Waals surface area (Å²) in [5.74, 6) is -0.388. The summed E-state index contributed by atoms with van der Waals surface area (Å²) in [6.45, 7) is 0.589. The molecule has 0 unspecified atom stereocenters. The number of benzene rings is 2.